The van der Waals surface area contributed by atoms with Gasteiger partial charge in [0.05, 0.1) is 22.0 Å². The fourth-order valence-corrected chi connectivity index (χ4v) is 3.72. The van der Waals surface area contributed by atoms with Gasteiger partial charge in [-0.15, -0.1) is 0 Å². The number of carbonyl (C=O) groups is 2. The van der Waals surface area contributed by atoms with E-state index in [0.717, 1.165) is 28.1 Å². The van der Waals surface area contributed by atoms with E-state index in [-0.39, 0.29) is 10.6 Å². The summed E-state index contributed by atoms with van der Waals surface area (Å²) in [5.41, 5.74) is 9.32. The van der Waals surface area contributed by atoms with Crippen molar-refractivity contribution < 1.29 is 9.59 Å². The standard InChI is InChI=1S/C26H20Cl2N4O2/c1-17-7-9-18(10-8-17)25-19(16-32(31-25)21-5-3-2-4-6-21)11-14-24(33)29-30-26(34)22-13-12-20(27)15-23(22)28/h2-16H,1H3,(H,29,33)(H,30,34)/b14-11+. The fraction of sp³-hybridized carbons (Fsp3) is 0.0385. The van der Waals surface area contributed by atoms with Gasteiger partial charge >= 0.3 is 0 Å². The molecule has 0 saturated carbocycles. The molecule has 0 fully saturated rings. The summed E-state index contributed by atoms with van der Waals surface area (Å²) in [6.45, 7) is 2.02. The van der Waals surface area contributed by atoms with Crippen LogP contribution in [0, 0.1) is 6.92 Å². The Labute approximate surface area is 206 Å². The molecule has 0 bridgehead atoms. The number of para-hydroxylation sites is 1. The Balaban J connectivity index is 1.53. The molecule has 34 heavy (non-hydrogen) atoms. The quantitative estimate of drug-likeness (QED) is 0.281. The molecule has 1 aromatic heterocycles. The molecule has 6 nitrogen and oxygen atoms in total. The van der Waals surface area contributed by atoms with E-state index in [0.29, 0.717) is 5.02 Å². The molecule has 2 N–H and O–H groups in total. The third-order valence-corrected chi connectivity index (χ3v) is 5.53. The van der Waals surface area contributed by atoms with Crippen molar-refractivity contribution in [2.45, 2.75) is 6.92 Å². The number of hydrazine groups is 1. The monoisotopic (exact) mass is 490 g/mol. The van der Waals surface area contributed by atoms with Crippen molar-refractivity contribution in [2.75, 3.05) is 0 Å². The van der Waals surface area contributed by atoms with E-state index < -0.39 is 11.8 Å². The highest BCUT2D eigenvalue weighted by Crippen LogP contribution is 2.25. The molecule has 3 aromatic carbocycles. The number of aryl methyl sites for hydroxylation is 1. The number of amides is 2. The second kappa shape index (κ2) is 10.4. The van der Waals surface area contributed by atoms with Crippen molar-refractivity contribution in [2.24, 2.45) is 0 Å². The van der Waals surface area contributed by atoms with Gasteiger partial charge in [-0.2, -0.15) is 5.10 Å². The molecule has 8 heteroatoms. The number of carbonyl (C=O) groups excluding carboxylic acids is 2. The first kappa shape index (κ1) is 23.3. The number of nitrogens with one attached hydrogen (secondary N) is 2. The summed E-state index contributed by atoms with van der Waals surface area (Å²) in [5.74, 6) is -1.07. The first-order valence-electron chi connectivity index (χ1n) is 10.4. The first-order valence-corrected chi connectivity index (χ1v) is 11.1. The lowest BCUT2D eigenvalue weighted by molar-refractivity contribution is -0.117. The van der Waals surface area contributed by atoms with Crippen molar-refractivity contribution in [3.8, 4) is 16.9 Å². The highest BCUT2D eigenvalue weighted by Gasteiger charge is 2.13. The number of nitrogens with zero attached hydrogens (tertiary/aromatic N) is 2. The van der Waals surface area contributed by atoms with Crippen LogP contribution in [0.15, 0.2) is 85.1 Å². The largest absolute Gasteiger partial charge is 0.271 e. The molecular weight excluding hydrogens is 471 g/mol. The van der Waals surface area contributed by atoms with Crippen LogP contribution in [0.1, 0.15) is 21.5 Å². The third-order valence-electron chi connectivity index (χ3n) is 4.98. The SMILES string of the molecule is Cc1ccc(-c2nn(-c3ccccc3)cc2/C=C/C(=O)NNC(=O)c2ccc(Cl)cc2Cl)cc1. The maximum atomic E-state index is 12.4. The lowest BCUT2D eigenvalue weighted by Crippen LogP contribution is -2.40. The van der Waals surface area contributed by atoms with Gasteiger partial charge in [-0.05, 0) is 43.3 Å². The van der Waals surface area contributed by atoms with E-state index in [9.17, 15) is 9.59 Å². The summed E-state index contributed by atoms with van der Waals surface area (Å²) >= 11 is 11.9. The van der Waals surface area contributed by atoms with Crippen LogP contribution >= 0.6 is 23.2 Å². The second-order valence-corrected chi connectivity index (χ2v) is 8.32. The molecule has 2 amide bonds. The fourth-order valence-electron chi connectivity index (χ4n) is 3.22. The van der Waals surface area contributed by atoms with Gasteiger partial charge < -0.3 is 0 Å². The van der Waals surface area contributed by atoms with Gasteiger partial charge in [0.2, 0.25) is 0 Å². The van der Waals surface area contributed by atoms with E-state index in [1.165, 1.54) is 18.2 Å². The van der Waals surface area contributed by atoms with Gasteiger partial charge in [0, 0.05) is 28.4 Å². The van der Waals surface area contributed by atoms with Crippen molar-refractivity contribution in [1.29, 1.82) is 0 Å². The highest BCUT2D eigenvalue weighted by molar-refractivity contribution is 6.36. The van der Waals surface area contributed by atoms with Crippen LogP contribution in [0.4, 0.5) is 0 Å². The van der Waals surface area contributed by atoms with Crippen molar-refractivity contribution in [1.82, 2.24) is 20.6 Å². The van der Waals surface area contributed by atoms with Gasteiger partial charge in [0.1, 0.15) is 0 Å². The Morgan fingerprint density at radius 1 is 0.941 bits per heavy atom. The molecule has 0 saturated heterocycles. The minimum absolute atomic E-state index is 0.186. The van der Waals surface area contributed by atoms with E-state index >= 15 is 0 Å². The number of aromatic nitrogens is 2. The van der Waals surface area contributed by atoms with Gasteiger partial charge in [-0.1, -0.05) is 71.2 Å². The molecule has 4 rings (SSSR count). The van der Waals surface area contributed by atoms with Crippen molar-refractivity contribution in [3.05, 3.63) is 112 Å². The second-order valence-electron chi connectivity index (χ2n) is 7.48. The summed E-state index contributed by atoms with van der Waals surface area (Å²) in [7, 11) is 0. The van der Waals surface area contributed by atoms with Crippen LogP contribution in [0.3, 0.4) is 0 Å². The Bertz CT molecular complexity index is 1360. The molecule has 0 radical (unpaired) electrons. The molecule has 4 aromatic rings. The lowest BCUT2D eigenvalue weighted by Gasteiger charge is -2.07. The van der Waals surface area contributed by atoms with Crippen LogP contribution in [0.25, 0.3) is 23.0 Å². The van der Waals surface area contributed by atoms with Gasteiger partial charge in [0.15, 0.2) is 0 Å². The van der Waals surface area contributed by atoms with E-state index in [2.05, 4.69) is 10.9 Å². The Kier molecular flexibility index (Phi) is 7.11. The van der Waals surface area contributed by atoms with Crippen LogP contribution in [0.5, 0.6) is 0 Å². The summed E-state index contributed by atoms with van der Waals surface area (Å²) in [6.07, 6.45) is 4.83. The van der Waals surface area contributed by atoms with Crippen LogP contribution in [0.2, 0.25) is 10.0 Å². The normalized spacial score (nSPS) is 10.9. The number of benzene rings is 3. The highest BCUT2D eigenvalue weighted by atomic mass is 35.5. The Morgan fingerprint density at radius 3 is 2.38 bits per heavy atom. The summed E-state index contributed by atoms with van der Waals surface area (Å²) < 4.78 is 1.76. The molecule has 0 atom stereocenters. The molecular formula is C26H20Cl2N4O2. The third kappa shape index (κ3) is 5.54. The zero-order valence-corrected chi connectivity index (χ0v) is 19.6. The van der Waals surface area contributed by atoms with E-state index in [1.807, 2.05) is 67.7 Å². The van der Waals surface area contributed by atoms with Crippen LogP contribution in [-0.4, -0.2) is 21.6 Å². The Morgan fingerprint density at radius 2 is 1.68 bits per heavy atom. The summed E-state index contributed by atoms with van der Waals surface area (Å²) in [5, 5.41) is 5.32. The minimum Gasteiger partial charge on any atom is -0.268 e. The minimum atomic E-state index is -0.555. The average Bonchev–Trinajstić information content (AvgIpc) is 3.26. The van der Waals surface area contributed by atoms with Crippen molar-refractivity contribution >= 4 is 41.1 Å². The predicted molar refractivity (Wildman–Crippen MR) is 135 cm³/mol. The summed E-state index contributed by atoms with van der Waals surface area (Å²) in [4.78, 5) is 24.7. The smallest absolute Gasteiger partial charge is 0.268 e. The van der Waals surface area contributed by atoms with Crippen LogP contribution < -0.4 is 10.9 Å². The molecule has 0 aliphatic carbocycles. The molecule has 0 spiro atoms. The predicted octanol–water partition coefficient (Wildman–Crippen LogP) is 5.63. The number of rotatable bonds is 5. The zero-order valence-electron chi connectivity index (χ0n) is 18.1. The molecule has 0 aliphatic heterocycles. The van der Waals surface area contributed by atoms with E-state index in [4.69, 9.17) is 28.3 Å². The zero-order chi connectivity index (χ0) is 24.1. The molecule has 170 valence electrons. The first-order chi connectivity index (χ1) is 16.4. The van der Waals surface area contributed by atoms with Gasteiger partial charge in [-0.25, -0.2) is 4.68 Å². The molecule has 0 unspecified atom stereocenters. The van der Waals surface area contributed by atoms with Crippen molar-refractivity contribution in [3.63, 3.8) is 0 Å². The maximum absolute atomic E-state index is 12.4. The van der Waals surface area contributed by atoms with Crippen LogP contribution in [-0.2, 0) is 4.79 Å². The number of hydrogen-bond acceptors (Lipinski definition) is 3. The Hall–Kier alpha value is -3.87. The lowest BCUT2D eigenvalue weighted by atomic mass is 10.1. The topological polar surface area (TPSA) is 76.0 Å². The number of halogens is 2. The van der Waals surface area contributed by atoms with Gasteiger partial charge in [-0.3, -0.25) is 20.4 Å². The molecule has 0 aliphatic rings. The number of hydrogen-bond donors (Lipinski definition) is 2. The summed E-state index contributed by atoms with van der Waals surface area (Å²) in [6, 6.07) is 22.2. The average molecular weight is 491 g/mol. The van der Waals surface area contributed by atoms with Gasteiger partial charge in [0.25, 0.3) is 11.8 Å². The maximum Gasteiger partial charge on any atom is 0.271 e. The van der Waals surface area contributed by atoms with E-state index in [1.54, 1.807) is 16.8 Å². The molecule has 1 heterocycles.